The van der Waals surface area contributed by atoms with E-state index in [1.165, 1.54) is 0 Å². The van der Waals surface area contributed by atoms with Gasteiger partial charge in [0.2, 0.25) is 0 Å². The average Bonchev–Trinajstić information content (AvgIpc) is 2.93. The number of methoxy groups -OCH3 is 1. The van der Waals surface area contributed by atoms with Gasteiger partial charge in [-0.15, -0.1) is 0 Å². The fraction of sp³-hybridized carbons (Fsp3) is 0.381. The number of benzene rings is 2. The summed E-state index contributed by atoms with van der Waals surface area (Å²) in [5.41, 5.74) is 2.17. The topological polar surface area (TPSA) is 41.6 Å². The van der Waals surface area contributed by atoms with E-state index in [0.717, 1.165) is 54.1 Å². The lowest BCUT2D eigenvalue weighted by Gasteiger charge is -2.30. The maximum absolute atomic E-state index is 12.9. The minimum atomic E-state index is -0.0188. The number of nitrogens with zero attached hydrogens (tertiary/aromatic N) is 1. The number of likely N-dealkylation sites (tertiary alicyclic amines) is 1. The van der Waals surface area contributed by atoms with Gasteiger partial charge < -0.3 is 15.0 Å². The smallest absolute Gasteiger partial charge is 0.318 e. The largest absolute Gasteiger partial charge is 0.497 e. The number of halogens is 1. The van der Waals surface area contributed by atoms with Gasteiger partial charge in [0.25, 0.3) is 0 Å². The van der Waals surface area contributed by atoms with Gasteiger partial charge >= 0.3 is 6.03 Å². The monoisotopic (exact) mass is 372 g/mol. The number of ether oxygens (including phenoxy) is 1. The van der Waals surface area contributed by atoms with Gasteiger partial charge in [0.15, 0.2) is 0 Å². The van der Waals surface area contributed by atoms with E-state index in [1.807, 2.05) is 53.4 Å². The zero-order valence-corrected chi connectivity index (χ0v) is 15.8. The quantitative estimate of drug-likeness (QED) is 0.803. The Kier molecular flexibility index (Phi) is 6.40. The van der Waals surface area contributed by atoms with Crippen molar-refractivity contribution < 1.29 is 9.53 Å². The van der Waals surface area contributed by atoms with Gasteiger partial charge in [-0.25, -0.2) is 4.79 Å². The van der Waals surface area contributed by atoms with Gasteiger partial charge in [-0.2, -0.15) is 0 Å². The zero-order valence-electron chi connectivity index (χ0n) is 15.1. The van der Waals surface area contributed by atoms with Crippen molar-refractivity contribution in [2.24, 2.45) is 0 Å². The Morgan fingerprint density at radius 2 is 2.00 bits per heavy atom. The lowest BCUT2D eigenvalue weighted by Crippen LogP contribution is -2.41. The summed E-state index contributed by atoms with van der Waals surface area (Å²) in [6, 6.07) is 15.7. The number of hydrogen-bond donors (Lipinski definition) is 1. The maximum atomic E-state index is 12.9. The molecule has 2 aromatic carbocycles. The van der Waals surface area contributed by atoms with Gasteiger partial charge in [0, 0.05) is 18.1 Å². The Hall–Kier alpha value is -2.20. The SMILES string of the molecule is COc1cccc(CNC(=O)N2CCCCCC2c2ccc(Cl)cc2)c1. The molecule has 2 aromatic rings. The molecule has 0 spiro atoms. The van der Waals surface area contributed by atoms with Gasteiger partial charge in [0.05, 0.1) is 13.2 Å². The molecule has 1 saturated heterocycles. The predicted octanol–water partition coefficient (Wildman–Crippen LogP) is 5.18. The molecule has 1 unspecified atom stereocenters. The van der Waals surface area contributed by atoms with E-state index in [4.69, 9.17) is 16.3 Å². The molecule has 1 heterocycles. The number of urea groups is 1. The highest BCUT2D eigenvalue weighted by atomic mass is 35.5. The van der Waals surface area contributed by atoms with Crippen LogP contribution in [0.3, 0.4) is 0 Å². The summed E-state index contributed by atoms with van der Waals surface area (Å²) in [4.78, 5) is 14.9. The van der Waals surface area contributed by atoms with Gasteiger partial charge in [-0.3, -0.25) is 0 Å². The first kappa shape index (κ1) is 18.6. The number of carbonyl (C=O) groups is 1. The van der Waals surface area contributed by atoms with Crippen LogP contribution in [0.15, 0.2) is 48.5 Å². The van der Waals surface area contributed by atoms with Crippen molar-refractivity contribution in [3.05, 3.63) is 64.7 Å². The third-order valence-corrected chi connectivity index (χ3v) is 5.10. The minimum absolute atomic E-state index is 0.0188. The second-order valence-corrected chi connectivity index (χ2v) is 7.06. The summed E-state index contributed by atoms with van der Waals surface area (Å²) in [5, 5.41) is 3.78. The first-order chi connectivity index (χ1) is 12.7. The molecule has 3 rings (SSSR count). The predicted molar refractivity (Wildman–Crippen MR) is 105 cm³/mol. The highest BCUT2D eigenvalue weighted by Crippen LogP contribution is 2.31. The molecule has 1 atom stereocenters. The van der Waals surface area contributed by atoms with Crippen molar-refractivity contribution in [3.8, 4) is 5.75 Å². The molecule has 0 aliphatic carbocycles. The molecule has 1 fully saturated rings. The second kappa shape index (κ2) is 8.95. The van der Waals surface area contributed by atoms with E-state index in [2.05, 4.69) is 5.32 Å². The second-order valence-electron chi connectivity index (χ2n) is 6.62. The molecule has 0 bridgehead atoms. The standard InChI is InChI=1S/C21H25ClN2O2/c1-26-19-7-5-6-16(14-19)15-23-21(25)24-13-4-2-3-8-20(24)17-9-11-18(22)12-10-17/h5-7,9-12,14,20H,2-4,8,13,15H2,1H3,(H,23,25). The first-order valence-corrected chi connectivity index (χ1v) is 9.48. The summed E-state index contributed by atoms with van der Waals surface area (Å²) in [6.07, 6.45) is 4.31. The van der Waals surface area contributed by atoms with Crippen LogP contribution in [0.1, 0.15) is 42.9 Å². The third kappa shape index (κ3) is 4.70. The molecule has 5 heteroatoms. The number of carbonyl (C=O) groups excluding carboxylic acids is 1. The van der Waals surface area contributed by atoms with Crippen LogP contribution in [0.2, 0.25) is 5.02 Å². The fourth-order valence-corrected chi connectivity index (χ4v) is 3.57. The van der Waals surface area contributed by atoms with Crippen molar-refractivity contribution in [1.29, 1.82) is 0 Å². The zero-order chi connectivity index (χ0) is 18.4. The molecule has 0 aromatic heterocycles. The average molecular weight is 373 g/mol. The van der Waals surface area contributed by atoms with E-state index in [9.17, 15) is 4.79 Å². The van der Waals surface area contributed by atoms with Crippen molar-refractivity contribution >= 4 is 17.6 Å². The van der Waals surface area contributed by atoms with Crippen molar-refractivity contribution in [2.45, 2.75) is 38.3 Å². The van der Waals surface area contributed by atoms with Gasteiger partial charge in [0.1, 0.15) is 5.75 Å². The van der Waals surface area contributed by atoms with Crippen LogP contribution in [0, 0.1) is 0 Å². The van der Waals surface area contributed by atoms with Crippen LogP contribution < -0.4 is 10.1 Å². The first-order valence-electron chi connectivity index (χ1n) is 9.10. The van der Waals surface area contributed by atoms with Crippen LogP contribution >= 0.6 is 11.6 Å². The lowest BCUT2D eigenvalue weighted by atomic mass is 10.0. The van der Waals surface area contributed by atoms with E-state index < -0.39 is 0 Å². The summed E-state index contributed by atoms with van der Waals surface area (Å²) >= 11 is 6.02. The number of amides is 2. The van der Waals surface area contributed by atoms with Crippen LogP contribution in [-0.4, -0.2) is 24.6 Å². The molecule has 4 nitrogen and oxygen atoms in total. The molecule has 1 N–H and O–H groups in total. The van der Waals surface area contributed by atoms with E-state index in [-0.39, 0.29) is 12.1 Å². The van der Waals surface area contributed by atoms with Gasteiger partial charge in [-0.1, -0.05) is 48.7 Å². The summed E-state index contributed by atoms with van der Waals surface area (Å²) in [5.74, 6) is 0.797. The highest BCUT2D eigenvalue weighted by Gasteiger charge is 2.26. The Morgan fingerprint density at radius 3 is 2.77 bits per heavy atom. The summed E-state index contributed by atoms with van der Waals surface area (Å²) < 4.78 is 5.25. The van der Waals surface area contributed by atoms with Crippen molar-refractivity contribution in [1.82, 2.24) is 10.2 Å². The summed E-state index contributed by atoms with van der Waals surface area (Å²) in [7, 11) is 1.64. The van der Waals surface area contributed by atoms with Crippen LogP contribution in [0.5, 0.6) is 5.75 Å². The number of hydrogen-bond acceptors (Lipinski definition) is 2. The van der Waals surface area contributed by atoms with Crippen molar-refractivity contribution in [2.75, 3.05) is 13.7 Å². The van der Waals surface area contributed by atoms with Gasteiger partial charge in [-0.05, 0) is 48.2 Å². The Labute approximate surface area is 160 Å². The molecule has 1 aliphatic heterocycles. The molecule has 1 aliphatic rings. The maximum Gasteiger partial charge on any atom is 0.318 e. The van der Waals surface area contributed by atoms with Crippen LogP contribution in [0.4, 0.5) is 4.79 Å². The minimum Gasteiger partial charge on any atom is -0.497 e. The number of nitrogens with one attached hydrogen (secondary N) is 1. The van der Waals surface area contributed by atoms with Crippen LogP contribution in [-0.2, 0) is 6.54 Å². The molecule has 0 radical (unpaired) electrons. The molecule has 0 saturated carbocycles. The molecular weight excluding hydrogens is 348 g/mol. The van der Waals surface area contributed by atoms with E-state index in [1.54, 1.807) is 7.11 Å². The molecular formula is C21H25ClN2O2. The third-order valence-electron chi connectivity index (χ3n) is 4.85. The van der Waals surface area contributed by atoms with E-state index >= 15 is 0 Å². The Balaban J connectivity index is 1.70. The van der Waals surface area contributed by atoms with Crippen molar-refractivity contribution in [3.63, 3.8) is 0 Å². The Bertz CT molecular complexity index is 733. The normalized spacial score (nSPS) is 17.5. The van der Waals surface area contributed by atoms with E-state index in [0.29, 0.717) is 6.54 Å². The number of rotatable bonds is 4. The highest BCUT2D eigenvalue weighted by molar-refractivity contribution is 6.30. The Morgan fingerprint density at radius 1 is 1.19 bits per heavy atom. The molecule has 2 amide bonds. The van der Waals surface area contributed by atoms with Crippen LogP contribution in [0.25, 0.3) is 0 Å². The lowest BCUT2D eigenvalue weighted by molar-refractivity contribution is 0.175. The molecule has 138 valence electrons. The molecule has 26 heavy (non-hydrogen) atoms. The summed E-state index contributed by atoms with van der Waals surface area (Å²) in [6.45, 7) is 1.26. The fourth-order valence-electron chi connectivity index (χ4n) is 3.44.